The van der Waals surface area contributed by atoms with E-state index < -0.39 is 0 Å². The first-order chi connectivity index (χ1) is 15.0. The number of hydrogen-bond acceptors (Lipinski definition) is 3. The molecule has 1 aliphatic carbocycles. The summed E-state index contributed by atoms with van der Waals surface area (Å²) >= 11 is 0. The lowest BCUT2D eigenvalue weighted by Crippen LogP contribution is -2.38. The quantitative estimate of drug-likeness (QED) is 0.777. The van der Waals surface area contributed by atoms with Crippen LogP contribution in [0.2, 0.25) is 0 Å². The zero-order valence-corrected chi connectivity index (χ0v) is 18.0. The maximum Gasteiger partial charge on any atom is 0.255 e. The van der Waals surface area contributed by atoms with Crippen molar-refractivity contribution >= 4 is 29.1 Å². The number of carbonyl (C=O) groups excluding carboxylic acids is 3. The van der Waals surface area contributed by atoms with Crippen LogP contribution in [0, 0.1) is 0 Å². The first kappa shape index (κ1) is 21.1. The first-order valence-corrected chi connectivity index (χ1v) is 11.1. The van der Waals surface area contributed by atoms with E-state index in [-0.39, 0.29) is 17.7 Å². The van der Waals surface area contributed by atoms with Crippen molar-refractivity contribution in [3.8, 4) is 0 Å². The Morgan fingerprint density at radius 1 is 0.903 bits per heavy atom. The van der Waals surface area contributed by atoms with Gasteiger partial charge in [-0.2, -0.15) is 0 Å². The molecule has 31 heavy (non-hydrogen) atoms. The minimum Gasteiger partial charge on any atom is -0.339 e. The standard InChI is InChI=1S/C25H29N3O3/c1-27(21-6-3-2-4-7-21)25(31)19-9-13-20(14-10-19)26-24(30)18-11-15-22(16-12-18)28-17-5-8-23(28)29/h9-16,21H,2-8,17H2,1H3,(H,26,30). The van der Waals surface area contributed by atoms with E-state index in [9.17, 15) is 14.4 Å². The molecule has 1 saturated carbocycles. The van der Waals surface area contributed by atoms with Gasteiger partial charge in [0.15, 0.2) is 0 Å². The average molecular weight is 420 g/mol. The van der Waals surface area contributed by atoms with Crippen LogP contribution < -0.4 is 10.2 Å². The van der Waals surface area contributed by atoms with Crippen molar-refractivity contribution in [1.29, 1.82) is 0 Å². The fourth-order valence-corrected chi connectivity index (χ4v) is 4.45. The summed E-state index contributed by atoms with van der Waals surface area (Å²) in [7, 11) is 1.88. The highest BCUT2D eigenvalue weighted by atomic mass is 16.2. The molecule has 1 N–H and O–H groups in total. The van der Waals surface area contributed by atoms with Crippen molar-refractivity contribution in [2.24, 2.45) is 0 Å². The Morgan fingerprint density at radius 2 is 1.55 bits per heavy atom. The molecule has 0 unspecified atom stereocenters. The van der Waals surface area contributed by atoms with Crippen molar-refractivity contribution < 1.29 is 14.4 Å². The normalized spacial score (nSPS) is 16.9. The molecular formula is C25H29N3O3. The molecule has 0 bridgehead atoms. The maximum atomic E-state index is 12.8. The van der Waals surface area contributed by atoms with Crippen molar-refractivity contribution in [3.05, 3.63) is 59.7 Å². The third-order valence-electron chi connectivity index (χ3n) is 6.35. The lowest BCUT2D eigenvalue weighted by atomic mass is 9.94. The monoisotopic (exact) mass is 419 g/mol. The second-order valence-electron chi connectivity index (χ2n) is 8.44. The highest BCUT2D eigenvalue weighted by molar-refractivity contribution is 6.05. The molecule has 6 heteroatoms. The molecule has 2 aromatic rings. The molecule has 2 fully saturated rings. The second-order valence-corrected chi connectivity index (χ2v) is 8.44. The Hall–Kier alpha value is -3.15. The molecule has 0 radical (unpaired) electrons. The highest BCUT2D eigenvalue weighted by Crippen LogP contribution is 2.24. The number of nitrogens with one attached hydrogen (secondary N) is 1. The summed E-state index contributed by atoms with van der Waals surface area (Å²) in [6.45, 7) is 0.728. The van der Waals surface area contributed by atoms with Crippen molar-refractivity contribution in [3.63, 3.8) is 0 Å². The topological polar surface area (TPSA) is 69.7 Å². The van der Waals surface area contributed by atoms with Crippen molar-refractivity contribution in [2.45, 2.75) is 51.0 Å². The molecule has 4 rings (SSSR count). The van der Waals surface area contributed by atoms with Crippen molar-refractivity contribution in [2.75, 3.05) is 23.8 Å². The molecule has 0 spiro atoms. The van der Waals surface area contributed by atoms with E-state index in [1.165, 1.54) is 19.3 Å². The number of hydrogen-bond donors (Lipinski definition) is 1. The molecule has 1 heterocycles. The molecule has 3 amide bonds. The van der Waals surface area contributed by atoms with E-state index in [1.54, 1.807) is 53.4 Å². The summed E-state index contributed by atoms with van der Waals surface area (Å²) in [6.07, 6.45) is 7.21. The molecule has 1 aliphatic heterocycles. The van der Waals surface area contributed by atoms with E-state index in [4.69, 9.17) is 0 Å². The van der Waals surface area contributed by atoms with Gasteiger partial charge >= 0.3 is 0 Å². The molecule has 0 aromatic heterocycles. The van der Waals surface area contributed by atoms with Crippen LogP contribution in [-0.4, -0.2) is 42.3 Å². The Labute approximate surface area is 183 Å². The Bertz CT molecular complexity index is 947. The third kappa shape index (κ3) is 4.79. The van der Waals surface area contributed by atoms with E-state index in [0.717, 1.165) is 31.5 Å². The van der Waals surface area contributed by atoms with Crippen LogP contribution in [0.3, 0.4) is 0 Å². The minimum absolute atomic E-state index is 0.0248. The zero-order chi connectivity index (χ0) is 21.8. The fourth-order valence-electron chi connectivity index (χ4n) is 4.45. The van der Waals surface area contributed by atoms with Crippen LogP contribution in [0.15, 0.2) is 48.5 Å². The van der Waals surface area contributed by atoms with Gasteiger partial charge in [-0.25, -0.2) is 0 Å². The van der Waals surface area contributed by atoms with Gasteiger partial charge < -0.3 is 15.1 Å². The van der Waals surface area contributed by atoms with E-state index >= 15 is 0 Å². The van der Waals surface area contributed by atoms with E-state index in [0.29, 0.717) is 29.3 Å². The van der Waals surface area contributed by atoms with Crippen LogP contribution in [0.4, 0.5) is 11.4 Å². The van der Waals surface area contributed by atoms with Gasteiger partial charge in [-0.1, -0.05) is 19.3 Å². The zero-order valence-electron chi connectivity index (χ0n) is 18.0. The van der Waals surface area contributed by atoms with Crippen LogP contribution in [-0.2, 0) is 4.79 Å². The van der Waals surface area contributed by atoms with E-state index in [2.05, 4.69) is 5.32 Å². The first-order valence-electron chi connectivity index (χ1n) is 11.1. The van der Waals surface area contributed by atoms with Gasteiger partial charge in [0.25, 0.3) is 11.8 Å². The molecule has 2 aromatic carbocycles. The number of nitrogens with zero attached hydrogens (tertiary/aromatic N) is 2. The summed E-state index contributed by atoms with van der Waals surface area (Å²) in [4.78, 5) is 40.8. The Kier molecular flexibility index (Phi) is 6.35. The lowest BCUT2D eigenvalue weighted by Gasteiger charge is -2.31. The fraction of sp³-hybridized carbons (Fsp3) is 0.400. The maximum absolute atomic E-state index is 12.8. The van der Waals surface area contributed by atoms with Gasteiger partial charge in [0.1, 0.15) is 0 Å². The average Bonchev–Trinajstić information content (AvgIpc) is 3.25. The minimum atomic E-state index is -0.224. The second kappa shape index (κ2) is 9.33. The smallest absolute Gasteiger partial charge is 0.255 e. The van der Waals surface area contributed by atoms with Crippen LogP contribution in [0.1, 0.15) is 65.7 Å². The number of amides is 3. The van der Waals surface area contributed by atoms with Gasteiger partial charge in [0.05, 0.1) is 0 Å². The highest BCUT2D eigenvalue weighted by Gasteiger charge is 2.23. The Balaban J connectivity index is 1.36. The molecule has 162 valence electrons. The largest absolute Gasteiger partial charge is 0.339 e. The SMILES string of the molecule is CN(C(=O)c1ccc(NC(=O)c2ccc(N3CCCC3=O)cc2)cc1)C1CCCCC1. The predicted octanol–water partition coefficient (Wildman–Crippen LogP) is 4.47. The number of anilines is 2. The summed E-state index contributed by atoms with van der Waals surface area (Å²) in [6, 6.07) is 14.4. The molecular weight excluding hydrogens is 390 g/mol. The summed E-state index contributed by atoms with van der Waals surface area (Å²) in [5, 5.41) is 2.87. The Morgan fingerprint density at radius 3 is 2.16 bits per heavy atom. The van der Waals surface area contributed by atoms with Crippen LogP contribution >= 0.6 is 0 Å². The van der Waals surface area contributed by atoms with Gasteiger partial charge in [-0.3, -0.25) is 14.4 Å². The number of benzene rings is 2. The van der Waals surface area contributed by atoms with Crippen molar-refractivity contribution in [1.82, 2.24) is 4.90 Å². The van der Waals surface area contributed by atoms with Gasteiger partial charge in [-0.15, -0.1) is 0 Å². The molecule has 0 atom stereocenters. The lowest BCUT2D eigenvalue weighted by molar-refractivity contribution is -0.117. The van der Waals surface area contributed by atoms with Gasteiger partial charge in [0.2, 0.25) is 5.91 Å². The summed E-state index contributed by atoms with van der Waals surface area (Å²) < 4.78 is 0. The number of rotatable bonds is 5. The van der Waals surface area contributed by atoms with Crippen LogP contribution in [0.25, 0.3) is 0 Å². The van der Waals surface area contributed by atoms with Gasteiger partial charge in [0, 0.05) is 48.6 Å². The van der Waals surface area contributed by atoms with Gasteiger partial charge in [-0.05, 0) is 67.8 Å². The summed E-state index contributed by atoms with van der Waals surface area (Å²) in [5.41, 5.74) is 2.61. The third-order valence-corrected chi connectivity index (χ3v) is 6.35. The molecule has 1 saturated heterocycles. The van der Waals surface area contributed by atoms with Crippen LogP contribution in [0.5, 0.6) is 0 Å². The molecule has 6 nitrogen and oxygen atoms in total. The van der Waals surface area contributed by atoms with E-state index in [1.807, 2.05) is 11.9 Å². The molecule has 2 aliphatic rings. The predicted molar refractivity (Wildman–Crippen MR) is 121 cm³/mol. The number of carbonyl (C=O) groups is 3. The summed E-state index contributed by atoms with van der Waals surface area (Å²) in [5.74, 6) is -0.0736.